The highest BCUT2D eigenvalue weighted by Crippen LogP contribution is 2.22. The minimum Gasteiger partial charge on any atom is -0.383 e. The monoisotopic (exact) mass is 375 g/mol. The van der Waals surface area contributed by atoms with Gasteiger partial charge in [0.05, 0.1) is 6.61 Å². The van der Waals surface area contributed by atoms with Gasteiger partial charge >= 0.3 is 0 Å². The van der Waals surface area contributed by atoms with Crippen LogP contribution in [0.3, 0.4) is 0 Å². The Bertz CT molecular complexity index is 731. The Labute approximate surface area is 159 Å². The van der Waals surface area contributed by atoms with Crippen molar-refractivity contribution in [1.82, 2.24) is 14.8 Å². The summed E-state index contributed by atoms with van der Waals surface area (Å²) < 4.78 is 7.26. The topological polar surface area (TPSA) is 46.5 Å². The van der Waals surface area contributed by atoms with Crippen LogP contribution < -0.4 is 5.32 Å². The first-order chi connectivity index (χ1) is 12.6. The van der Waals surface area contributed by atoms with Crippen LogP contribution in [0.1, 0.15) is 17.7 Å². The van der Waals surface area contributed by atoms with Crippen LogP contribution in [0, 0.1) is 5.92 Å². The van der Waals surface area contributed by atoms with Gasteiger partial charge in [0.2, 0.25) is 5.91 Å². The van der Waals surface area contributed by atoms with E-state index in [0.29, 0.717) is 19.6 Å². The third kappa shape index (κ3) is 5.34. The second-order valence-electron chi connectivity index (χ2n) is 6.86. The number of aromatic nitrogens is 1. The van der Waals surface area contributed by atoms with Gasteiger partial charge in [-0.25, -0.2) is 0 Å². The Balaban J connectivity index is 1.67. The molecular weight excluding hydrogens is 350 g/mol. The lowest BCUT2D eigenvalue weighted by atomic mass is 10.0. The molecule has 1 aliphatic heterocycles. The van der Waals surface area contributed by atoms with Gasteiger partial charge in [-0.05, 0) is 35.7 Å². The average molecular weight is 376 g/mol. The van der Waals surface area contributed by atoms with Crippen molar-refractivity contribution < 1.29 is 9.53 Å². The van der Waals surface area contributed by atoms with Gasteiger partial charge in [-0.3, -0.25) is 9.69 Å². The first-order valence-corrected chi connectivity index (χ1v) is 9.38. The number of rotatable bonds is 7. The molecule has 2 aromatic rings. The molecule has 140 valence electrons. The van der Waals surface area contributed by atoms with Gasteiger partial charge in [-0.1, -0.05) is 23.7 Å². The van der Waals surface area contributed by atoms with Crippen molar-refractivity contribution in [1.29, 1.82) is 0 Å². The summed E-state index contributed by atoms with van der Waals surface area (Å²) in [5.41, 5.74) is 2.48. The molecule has 1 aromatic heterocycles. The molecule has 5 nitrogen and oxygen atoms in total. The number of carbonyl (C=O) groups excluding carboxylic acids is 1. The fraction of sp³-hybridized carbons (Fsp3) is 0.450. The molecule has 1 aromatic carbocycles. The van der Waals surface area contributed by atoms with Crippen LogP contribution in [0.25, 0.3) is 0 Å². The standard InChI is InChI=1S/C20H26ClN3O2/c1-26-9-7-22-20(25)11-17-13-23(12-16-4-2-5-18(21)10-16)15-19-6-3-8-24(19)14-17/h2-6,8,10,17H,7,9,11-15H2,1H3,(H,22,25). The lowest BCUT2D eigenvalue weighted by Crippen LogP contribution is -2.33. The van der Waals surface area contributed by atoms with Gasteiger partial charge < -0.3 is 14.6 Å². The van der Waals surface area contributed by atoms with Gasteiger partial charge in [0.15, 0.2) is 0 Å². The molecule has 6 heteroatoms. The fourth-order valence-electron chi connectivity index (χ4n) is 3.54. The smallest absolute Gasteiger partial charge is 0.220 e. The molecule has 0 spiro atoms. The van der Waals surface area contributed by atoms with E-state index >= 15 is 0 Å². The van der Waals surface area contributed by atoms with Crippen LogP contribution in [0.5, 0.6) is 0 Å². The largest absolute Gasteiger partial charge is 0.383 e. The SMILES string of the molecule is COCCNC(=O)CC1CN(Cc2cccc(Cl)c2)Cc2cccn2C1. The number of benzene rings is 1. The average Bonchev–Trinajstić information content (AvgIpc) is 2.95. The van der Waals surface area contributed by atoms with Crippen molar-refractivity contribution in [3.63, 3.8) is 0 Å². The molecule has 1 aliphatic rings. The summed E-state index contributed by atoms with van der Waals surface area (Å²) in [6.45, 7) is 4.55. The van der Waals surface area contributed by atoms with Gasteiger partial charge in [-0.2, -0.15) is 0 Å². The van der Waals surface area contributed by atoms with E-state index < -0.39 is 0 Å². The molecule has 1 atom stereocenters. The molecule has 0 fully saturated rings. The van der Waals surface area contributed by atoms with Crippen molar-refractivity contribution in [2.75, 3.05) is 26.8 Å². The van der Waals surface area contributed by atoms with E-state index in [1.54, 1.807) is 7.11 Å². The molecule has 26 heavy (non-hydrogen) atoms. The van der Waals surface area contributed by atoms with Gasteiger partial charge in [-0.15, -0.1) is 0 Å². The number of ether oxygens (including phenoxy) is 1. The Morgan fingerprint density at radius 1 is 1.31 bits per heavy atom. The molecule has 0 aliphatic carbocycles. The van der Waals surface area contributed by atoms with E-state index in [1.165, 1.54) is 11.3 Å². The molecule has 2 heterocycles. The van der Waals surface area contributed by atoms with Crippen LogP contribution in [0.2, 0.25) is 5.02 Å². The third-order valence-electron chi connectivity index (χ3n) is 4.68. The minimum atomic E-state index is 0.0883. The number of nitrogens with zero attached hydrogens (tertiary/aromatic N) is 2. The number of hydrogen-bond acceptors (Lipinski definition) is 3. The number of hydrogen-bond donors (Lipinski definition) is 1. The summed E-state index contributed by atoms with van der Waals surface area (Å²) in [7, 11) is 1.64. The van der Waals surface area contributed by atoms with Crippen LogP contribution in [-0.4, -0.2) is 42.2 Å². The number of methoxy groups -OCH3 is 1. The zero-order chi connectivity index (χ0) is 18.4. The zero-order valence-corrected chi connectivity index (χ0v) is 15.9. The number of halogens is 1. The molecule has 0 saturated carbocycles. The Hall–Kier alpha value is -1.82. The number of carbonyl (C=O) groups is 1. The van der Waals surface area contributed by atoms with E-state index in [4.69, 9.17) is 16.3 Å². The molecule has 1 N–H and O–H groups in total. The molecular formula is C20H26ClN3O2. The molecule has 3 rings (SSSR count). The van der Waals surface area contributed by atoms with Gasteiger partial charge in [0, 0.05) is 63.2 Å². The van der Waals surface area contributed by atoms with E-state index in [2.05, 4.69) is 39.2 Å². The fourth-order valence-corrected chi connectivity index (χ4v) is 3.75. The Morgan fingerprint density at radius 2 is 2.19 bits per heavy atom. The number of fused-ring (bicyclic) bond motifs is 1. The first kappa shape index (κ1) is 19.0. The van der Waals surface area contributed by atoms with Crippen molar-refractivity contribution in [2.24, 2.45) is 5.92 Å². The van der Waals surface area contributed by atoms with E-state index in [0.717, 1.165) is 31.2 Å². The zero-order valence-electron chi connectivity index (χ0n) is 15.2. The highest BCUT2D eigenvalue weighted by atomic mass is 35.5. The van der Waals surface area contributed by atoms with Crippen LogP contribution >= 0.6 is 11.6 Å². The summed E-state index contributed by atoms with van der Waals surface area (Å²) in [5.74, 6) is 0.357. The quantitative estimate of drug-likeness (QED) is 0.757. The molecule has 1 unspecified atom stereocenters. The molecule has 0 saturated heterocycles. The van der Waals surface area contributed by atoms with Crippen LogP contribution in [0.15, 0.2) is 42.6 Å². The molecule has 1 amide bonds. The number of nitrogens with one attached hydrogen (secondary N) is 1. The van der Waals surface area contributed by atoms with Crippen molar-refractivity contribution in [3.8, 4) is 0 Å². The first-order valence-electron chi connectivity index (χ1n) is 9.00. The van der Waals surface area contributed by atoms with Crippen LogP contribution in [-0.2, 0) is 29.2 Å². The van der Waals surface area contributed by atoms with E-state index in [1.807, 2.05) is 18.2 Å². The minimum absolute atomic E-state index is 0.0883. The summed E-state index contributed by atoms with van der Waals surface area (Å²) >= 11 is 6.13. The molecule has 0 bridgehead atoms. The molecule has 0 radical (unpaired) electrons. The summed E-state index contributed by atoms with van der Waals surface area (Å²) in [5, 5.41) is 3.69. The highest BCUT2D eigenvalue weighted by Gasteiger charge is 2.23. The second-order valence-corrected chi connectivity index (χ2v) is 7.30. The third-order valence-corrected chi connectivity index (χ3v) is 4.91. The van der Waals surface area contributed by atoms with Crippen molar-refractivity contribution >= 4 is 17.5 Å². The maximum absolute atomic E-state index is 12.2. The van der Waals surface area contributed by atoms with Gasteiger partial charge in [0.25, 0.3) is 0 Å². The van der Waals surface area contributed by atoms with E-state index in [-0.39, 0.29) is 11.8 Å². The summed E-state index contributed by atoms with van der Waals surface area (Å²) in [6.07, 6.45) is 2.63. The predicted octanol–water partition coefficient (Wildman–Crippen LogP) is 2.93. The lowest BCUT2D eigenvalue weighted by Gasteiger charge is -2.24. The normalized spacial score (nSPS) is 17.5. The van der Waals surface area contributed by atoms with Crippen molar-refractivity contribution in [2.45, 2.75) is 26.1 Å². The highest BCUT2D eigenvalue weighted by molar-refractivity contribution is 6.30. The predicted molar refractivity (Wildman–Crippen MR) is 103 cm³/mol. The summed E-state index contributed by atoms with van der Waals surface area (Å²) in [6, 6.07) is 12.2. The Kier molecular flexibility index (Phi) is 6.72. The lowest BCUT2D eigenvalue weighted by molar-refractivity contribution is -0.122. The Morgan fingerprint density at radius 3 is 3.00 bits per heavy atom. The van der Waals surface area contributed by atoms with E-state index in [9.17, 15) is 4.79 Å². The summed E-state index contributed by atoms with van der Waals surface area (Å²) in [4.78, 5) is 14.6. The maximum atomic E-state index is 12.2. The maximum Gasteiger partial charge on any atom is 0.220 e. The van der Waals surface area contributed by atoms with Crippen molar-refractivity contribution in [3.05, 3.63) is 58.9 Å². The second kappa shape index (κ2) is 9.21. The van der Waals surface area contributed by atoms with Gasteiger partial charge in [0.1, 0.15) is 0 Å². The number of amides is 1. The van der Waals surface area contributed by atoms with Crippen LogP contribution in [0.4, 0.5) is 0 Å².